The molecule has 0 saturated heterocycles. The summed E-state index contributed by atoms with van der Waals surface area (Å²) >= 11 is 1.77. The molecule has 0 spiro atoms. The molecule has 1 aliphatic rings. The lowest BCUT2D eigenvalue weighted by Crippen LogP contribution is -2.26. The number of benzene rings is 2. The molecule has 5 rings (SSSR count). The van der Waals surface area contributed by atoms with Crippen molar-refractivity contribution in [1.82, 2.24) is 14.3 Å². The van der Waals surface area contributed by atoms with Crippen molar-refractivity contribution in [3.05, 3.63) is 75.4 Å². The van der Waals surface area contributed by atoms with Crippen LogP contribution in [0.4, 0.5) is 5.82 Å². The van der Waals surface area contributed by atoms with Gasteiger partial charge in [0.25, 0.3) is 0 Å². The summed E-state index contributed by atoms with van der Waals surface area (Å²) in [5, 5.41) is 7.74. The highest BCUT2D eigenvalue weighted by Gasteiger charge is 2.25. The molecule has 4 aromatic rings. The molecule has 7 nitrogen and oxygen atoms in total. The lowest BCUT2D eigenvalue weighted by Gasteiger charge is -2.12. The largest absolute Gasteiger partial charge is 0.420 e. The van der Waals surface area contributed by atoms with Gasteiger partial charge in [0.15, 0.2) is 5.58 Å². The minimum Gasteiger partial charge on any atom is -0.408 e. The SMILES string of the molecule is Cc1ccc(-n2nc3c(c2NC(=O)Cn2c(=O)oc4ccccc42)CSC3)cc1C. The molecule has 0 fully saturated rings. The number of nitrogens with zero attached hydrogens (tertiary/aromatic N) is 3. The number of amides is 1. The van der Waals surface area contributed by atoms with E-state index in [1.165, 1.54) is 10.1 Å². The zero-order chi connectivity index (χ0) is 20.8. The van der Waals surface area contributed by atoms with E-state index in [0.29, 0.717) is 16.9 Å². The maximum Gasteiger partial charge on any atom is 0.420 e. The molecular formula is C22H20N4O3S. The first-order valence-electron chi connectivity index (χ1n) is 9.65. The lowest BCUT2D eigenvalue weighted by molar-refractivity contribution is -0.116. The third-order valence-electron chi connectivity index (χ3n) is 5.42. The van der Waals surface area contributed by atoms with Crippen molar-refractivity contribution in [2.45, 2.75) is 31.9 Å². The minimum atomic E-state index is -0.546. The summed E-state index contributed by atoms with van der Waals surface area (Å²) in [5.74, 6) is 1.44. The third kappa shape index (κ3) is 3.13. The van der Waals surface area contributed by atoms with E-state index in [1.807, 2.05) is 12.1 Å². The Morgan fingerprint density at radius 2 is 2.00 bits per heavy atom. The summed E-state index contributed by atoms with van der Waals surface area (Å²) in [5.41, 5.74) is 6.35. The Labute approximate surface area is 176 Å². The van der Waals surface area contributed by atoms with Gasteiger partial charge < -0.3 is 9.73 Å². The molecule has 2 aromatic heterocycles. The second-order valence-electron chi connectivity index (χ2n) is 7.42. The summed E-state index contributed by atoms with van der Waals surface area (Å²) in [4.78, 5) is 25.1. The van der Waals surface area contributed by atoms with Gasteiger partial charge in [-0.05, 0) is 49.2 Å². The number of aromatic nitrogens is 3. The van der Waals surface area contributed by atoms with Crippen molar-refractivity contribution >= 4 is 34.6 Å². The first-order chi connectivity index (χ1) is 14.5. The monoisotopic (exact) mass is 420 g/mol. The molecule has 0 unspecified atom stereocenters. The summed E-state index contributed by atoms with van der Waals surface area (Å²) in [7, 11) is 0. The summed E-state index contributed by atoms with van der Waals surface area (Å²) in [6.45, 7) is 3.99. The van der Waals surface area contributed by atoms with Crippen LogP contribution in [0.2, 0.25) is 0 Å². The number of aryl methyl sites for hydroxylation is 2. The molecule has 8 heteroatoms. The van der Waals surface area contributed by atoms with E-state index < -0.39 is 5.76 Å². The standard InChI is InChI=1S/C22H20N4O3S/c1-13-7-8-15(9-14(13)2)26-21(16-11-30-12-17(16)24-26)23-20(27)10-25-18-5-3-4-6-19(18)29-22(25)28/h3-9H,10-12H2,1-2H3,(H,23,27). The molecule has 2 aromatic carbocycles. The van der Waals surface area contributed by atoms with Gasteiger partial charge in [0.05, 0.1) is 16.9 Å². The predicted molar refractivity (Wildman–Crippen MR) is 117 cm³/mol. The summed E-state index contributed by atoms with van der Waals surface area (Å²) < 4.78 is 8.37. The molecule has 1 amide bonds. The molecule has 0 atom stereocenters. The highest BCUT2D eigenvalue weighted by Crippen LogP contribution is 2.36. The number of thioether (sulfide) groups is 1. The molecule has 30 heavy (non-hydrogen) atoms. The number of rotatable bonds is 4. The van der Waals surface area contributed by atoms with Crippen LogP contribution >= 0.6 is 11.8 Å². The van der Waals surface area contributed by atoms with Gasteiger partial charge in [0, 0.05) is 17.1 Å². The Kier molecular flexibility index (Phi) is 4.51. The van der Waals surface area contributed by atoms with Crippen LogP contribution in [0.25, 0.3) is 16.8 Å². The van der Waals surface area contributed by atoms with Gasteiger partial charge in [-0.15, -0.1) is 0 Å². The Balaban J connectivity index is 1.50. The molecule has 0 bridgehead atoms. The molecule has 3 heterocycles. The zero-order valence-corrected chi connectivity index (χ0v) is 17.5. The lowest BCUT2D eigenvalue weighted by atomic mass is 10.1. The maximum absolute atomic E-state index is 12.9. The van der Waals surface area contributed by atoms with Gasteiger partial charge in [0.1, 0.15) is 12.4 Å². The average molecular weight is 420 g/mol. The van der Waals surface area contributed by atoms with Crippen LogP contribution in [0.5, 0.6) is 0 Å². The highest BCUT2D eigenvalue weighted by atomic mass is 32.2. The van der Waals surface area contributed by atoms with Crippen LogP contribution in [0.3, 0.4) is 0 Å². The maximum atomic E-state index is 12.9. The fourth-order valence-electron chi connectivity index (χ4n) is 3.66. The minimum absolute atomic E-state index is 0.129. The first kappa shape index (κ1) is 18.7. The van der Waals surface area contributed by atoms with E-state index in [0.717, 1.165) is 34.0 Å². The van der Waals surface area contributed by atoms with Crippen LogP contribution < -0.4 is 11.1 Å². The Morgan fingerprint density at radius 3 is 2.83 bits per heavy atom. The first-order valence-corrected chi connectivity index (χ1v) is 10.8. The van der Waals surface area contributed by atoms with Gasteiger partial charge in [-0.2, -0.15) is 16.9 Å². The topological polar surface area (TPSA) is 82.1 Å². The highest BCUT2D eigenvalue weighted by molar-refractivity contribution is 7.98. The molecule has 1 N–H and O–H groups in total. The predicted octanol–water partition coefficient (Wildman–Crippen LogP) is 3.78. The Bertz CT molecular complexity index is 1350. The molecule has 0 aliphatic carbocycles. The molecule has 1 aliphatic heterocycles. The number of nitrogens with one attached hydrogen (secondary N) is 1. The number of carbonyl (C=O) groups is 1. The van der Waals surface area contributed by atoms with Crippen LogP contribution in [-0.2, 0) is 22.8 Å². The van der Waals surface area contributed by atoms with E-state index in [-0.39, 0.29) is 12.5 Å². The second-order valence-corrected chi connectivity index (χ2v) is 8.40. The van der Waals surface area contributed by atoms with Crippen LogP contribution in [0, 0.1) is 13.8 Å². The number of oxazole rings is 1. The number of hydrogen-bond donors (Lipinski definition) is 1. The van der Waals surface area contributed by atoms with E-state index in [1.54, 1.807) is 34.6 Å². The Hall–Kier alpha value is -3.26. The number of anilines is 1. The van der Waals surface area contributed by atoms with E-state index in [2.05, 4.69) is 31.3 Å². The van der Waals surface area contributed by atoms with Crippen molar-refractivity contribution in [3.8, 4) is 5.69 Å². The number of fused-ring (bicyclic) bond motifs is 2. The normalized spacial score (nSPS) is 13.0. The van der Waals surface area contributed by atoms with Gasteiger partial charge >= 0.3 is 5.76 Å². The molecule has 0 radical (unpaired) electrons. The number of para-hydroxylation sites is 2. The van der Waals surface area contributed by atoms with Crippen molar-refractivity contribution in [1.29, 1.82) is 0 Å². The van der Waals surface area contributed by atoms with Gasteiger partial charge in [-0.3, -0.25) is 9.36 Å². The van der Waals surface area contributed by atoms with Crippen LogP contribution in [0.1, 0.15) is 22.4 Å². The van der Waals surface area contributed by atoms with Crippen LogP contribution in [0.15, 0.2) is 51.7 Å². The van der Waals surface area contributed by atoms with Gasteiger partial charge in [-0.1, -0.05) is 18.2 Å². The zero-order valence-electron chi connectivity index (χ0n) is 16.6. The van der Waals surface area contributed by atoms with Gasteiger partial charge in [0.2, 0.25) is 5.91 Å². The second kappa shape index (κ2) is 7.21. The summed E-state index contributed by atoms with van der Waals surface area (Å²) in [6, 6.07) is 13.2. The third-order valence-corrected chi connectivity index (χ3v) is 6.39. The average Bonchev–Trinajstić information content (AvgIpc) is 3.39. The fourth-order valence-corrected chi connectivity index (χ4v) is 4.70. The quantitative estimate of drug-likeness (QED) is 0.543. The van der Waals surface area contributed by atoms with E-state index >= 15 is 0 Å². The van der Waals surface area contributed by atoms with Crippen molar-refractivity contribution in [2.75, 3.05) is 5.32 Å². The van der Waals surface area contributed by atoms with E-state index in [4.69, 9.17) is 9.52 Å². The van der Waals surface area contributed by atoms with E-state index in [9.17, 15) is 9.59 Å². The van der Waals surface area contributed by atoms with Crippen molar-refractivity contribution in [2.24, 2.45) is 0 Å². The molecule has 0 saturated carbocycles. The number of carbonyl (C=O) groups excluding carboxylic acids is 1. The van der Waals surface area contributed by atoms with Crippen molar-refractivity contribution in [3.63, 3.8) is 0 Å². The molecule has 152 valence electrons. The number of hydrogen-bond acceptors (Lipinski definition) is 5. The smallest absolute Gasteiger partial charge is 0.408 e. The van der Waals surface area contributed by atoms with Crippen LogP contribution in [-0.4, -0.2) is 20.3 Å². The Morgan fingerprint density at radius 1 is 1.17 bits per heavy atom. The van der Waals surface area contributed by atoms with Gasteiger partial charge in [-0.25, -0.2) is 9.48 Å². The molecular weight excluding hydrogens is 400 g/mol. The fraction of sp³-hybridized carbons (Fsp3) is 0.227. The van der Waals surface area contributed by atoms with Crippen molar-refractivity contribution < 1.29 is 9.21 Å². The summed E-state index contributed by atoms with van der Waals surface area (Å²) in [6.07, 6.45) is 0.